The Morgan fingerprint density at radius 3 is 1.40 bits per heavy atom. The molecule has 0 heterocycles. The second kappa shape index (κ2) is 15.8. The van der Waals surface area contributed by atoms with Gasteiger partial charge in [-0.25, -0.2) is 4.79 Å². The van der Waals surface area contributed by atoms with Gasteiger partial charge in [-0.05, 0) is 34.4 Å². The maximum absolute atomic E-state index is 13.7. The summed E-state index contributed by atoms with van der Waals surface area (Å²) < 4.78 is 23.9. The SMILES string of the molecule is COC(=O)[C@H](Cc1ccccc1)NC(=O)c1cc(OCc2ccccc2)c(OCc2ccccc2)c(OCc2ccccc2)c1. The van der Waals surface area contributed by atoms with Gasteiger partial charge in [0.05, 0.1) is 7.11 Å². The molecule has 45 heavy (non-hydrogen) atoms. The molecule has 7 heteroatoms. The molecule has 0 bridgehead atoms. The van der Waals surface area contributed by atoms with Gasteiger partial charge in [0, 0.05) is 12.0 Å². The Morgan fingerprint density at radius 2 is 0.978 bits per heavy atom. The van der Waals surface area contributed by atoms with Gasteiger partial charge < -0.3 is 24.3 Å². The number of benzene rings is 5. The van der Waals surface area contributed by atoms with Gasteiger partial charge >= 0.3 is 5.97 Å². The number of methoxy groups -OCH3 is 1. The van der Waals surface area contributed by atoms with Crippen LogP contribution in [0.1, 0.15) is 32.6 Å². The fraction of sp³-hybridized carbons (Fsp3) is 0.158. The molecule has 0 radical (unpaired) electrons. The summed E-state index contributed by atoms with van der Waals surface area (Å²) in [7, 11) is 1.30. The van der Waals surface area contributed by atoms with E-state index in [0.717, 1.165) is 22.3 Å². The maximum Gasteiger partial charge on any atom is 0.328 e. The third-order valence-corrected chi connectivity index (χ3v) is 7.06. The van der Waals surface area contributed by atoms with Crippen LogP contribution >= 0.6 is 0 Å². The molecule has 0 saturated carbocycles. The minimum Gasteiger partial charge on any atom is -0.485 e. The summed E-state index contributed by atoms with van der Waals surface area (Å²) in [4.78, 5) is 26.4. The van der Waals surface area contributed by atoms with Crippen molar-refractivity contribution in [2.24, 2.45) is 0 Å². The van der Waals surface area contributed by atoms with E-state index in [1.807, 2.05) is 121 Å². The average Bonchev–Trinajstić information content (AvgIpc) is 3.10. The predicted molar refractivity (Wildman–Crippen MR) is 172 cm³/mol. The summed E-state index contributed by atoms with van der Waals surface area (Å²) in [6, 6.07) is 41.0. The minimum absolute atomic E-state index is 0.241. The van der Waals surface area contributed by atoms with Crippen LogP contribution in [0, 0.1) is 0 Å². The quantitative estimate of drug-likeness (QED) is 0.139. The summed E-state index contributed by atoms with van der Waals surface area (Å²) in [5, 5.41) is 2.85. The fourth-order valence-corrected chi connectivity index (χ4v) is 4.69. The highest BCUT2D eigenvalue weighted by Crippen LogP contribution is 2.40. The third-order valence-electron chi connectivity index (χ3n) is 7.06. The molecule has 1 atom stereocenters. The van der Waals surface area contributed by atoms with E-state index in [2.05, 4.69) is 5.32 Å². The second-order valence-electron chi connectivity index (χ2n) is 10.4. The maximum atomic E-state index is 13.7. The molecule has 0 aliphatic carbocycles. The number of carbonyl (C=O) groups is 2. The number of carbonyl (C=O) groups excluding carboxylic acids is 2. The van der Waals surface area contributed by atoms with Gasteiger partial charge in [0.1, 0.15) is 25.9 Å². The van der Waals surface area contributed by atoms with Crippen molar-refractivity contribution in [1.29, 1.82) is 0 Å². The van der Waals surface area contributed by atoms with Gasteiger partial charge in [-0.2, -0.15) is 0 Å². The van der Waals surface area contributed by atoms with Crippen LogP contribution in [0.5, 0.6) is 17.2 Å². The van der Waals surface area contributed by atoms with Crippen LogP contribution in [0.2, 0.25) is 0 Å². The highest BCUT2D eigenvalue weighted by atomic mass is 16.5. The summed E-state index contributed by atoms with van der Waals surface area (Å²) in [5.74, 6) is 0.0172. The van der Waals surface area contributed by atoms with Crippen molar-refractivity contribution in [2.45, 2.75) is 32.3 Å². The molecule has 0 unspecified atom stereocenters. The Morgan fingerprint density at radius 1 is 0.578 bits per heavy atom. The van der Waals surface area contributed by atoms with Gasteiger partial charge in [-0.15, -0.1) is 0 Å². The van der Waals surface area contributed by atoms with Crippen LogP contribution in [0.15, 0.2) is 133 Å². The lowest BCUT2D eigenvalue weighted by Gasteiger charge is -2.20. The molecule has 1 amide bonds. The van der Waals surface area contributed by atoms with Crippen LogP contribution in [-0.2, 0) is 35.8 Å². The van der Waals surface area contributed by atoms with Gasteiger partial charge in [0.15, 0.2) is 11.5 Å². The van der Waals surface area contributed by atoms with E-state index in [1.54, 1.807) is 12.1 Å². The summed E-state index contributed by atoms with van der Waals surface area (Å²) >= 11 is 0. The van der Waals surface area contributed by atoms with Crippen molar-refractivity contribution in [3.8, 4) is 17.2 Å². The molecule has 7 nitrogen and oxygen atoms in total. The van der Waals surface area contributed by atoms with Crippen LogP contribution in [0.3, 0.4) is 0 Å². The van der Waals surface area contributed by atoms with Gasteiger partial charge in [-0.3, -0.25) is 4.79 Å². The van der Waals surface area contributed by atoms with Crippen LogP contribution in [0.25, 0.3) is 0 Å². The Labute approximate surface area is 263 Å². The number of hydrogen-bond acceptors (Lipinski definition) is 6. The number of nitrogens with one attached hydrogen (secondary N) is 1. The normalized spacial score (nSPS) is 11.2. The molecule has 0 aliphatic heterocycles. The van der Waals surface area contributed by atoms with Crippen molar-refractivity contribution in [2.75, 3.05) is 7.11 Å². The standard InChI is InChI=1S/C38H35NO6/c1-42-38(41)33(22-28-14-6-2-7-15-28)39-37(40)32-23-34(43-25-29-16-8-3-9-17-29)36(45-27-31-20-12-5-13-21-31)35(24-32)44-26-30-18-10-4-11-19-30/h2-21,23-24,33H,22,25-27H2,1H3,(H,39,40)/t33-/m0/s1. The van der Waals surface area contributed by atoms with Crippen molar-refractivity contribution in [3.05, 3.63) is 161 Å². The van der Waals surface area contributed by atoms with Crippen molar-refractivity contribution in [3.63, 3.8) is 0 Å². The Kier molecular flexibility index (Phi) is 10.8. The Bertz CT molecular complexity index is 1600. The molecule has 5 rings (SSSR count). The zero-order valence-electron chi connectivity index (χ0n) is 25.1. The first-order valence-electron chi connectivity index (χ1n) is 14.7. The number of hydrogen-bond donors (Lipinski definition) is 1. The third kappa shape index (κ3) is 8.97. The molecule has 0 spiro atoms. The van der Waals surface area contributed by atoms with E-state index in [-0.39, 0.29) is 31.8 Å². The monoisotopic (exact) mass is 601 g/mol. The first-order chi connectivity index (χ1) is 22.1. The van der Waals surface area contributed by atoms with Crippen LogP contribution in [-0.4, -0.2) is 25.0 Å². The molecule has 0 saturated heterocycles. The zero-order chi connectivity index (χ0) is 31.3. The second-order valence-corrected chi connectivity index (χ2v) is 10.4. The van der Waals surface area contributed by atoms with E-state index in [9.17, 15) is 9.59 Å². The lowest BCUT2D eigenvalue weighted by Crippen LogP contribution is -2.43. The van der Waals surface area contributed by atoms with E-state index in [1.165, 1.54) is 7.11 Å². The zero-order valence-corrected chi connectivity index (χ0v) is 25.1. The molecule has 0 aromatic heterocycles. The van der Waals surface area contributed by atoms with E-state index in [0.29, 0.717) is 17.2 Å². The largest absolute Gasteiger partial charge is 0.485 e. The fourth-order valence-electron chi connectivity index (χ4n) is 4.69. The van der Waals surface area contributed by atoms with Crippen LogP contribution in [0.4, 0.5) is 0 Å². The molecule has 0 aliphatic rings. The molecular formula is C38H35NO6. The Hall–Kier alpha value is -5.56. The van der Waals surface area contributed by atoms with E-state index < -0.39 is 17.9 Å². The lowest BCUT2D eigenvalue weighted by atomic mass is 10.1. The first kappa shape index (κ1) is 30.9. The number of amides is 1. The number of rotatable bonds is 14. The smallest absolute Gasteiger partial charge is 0.328 e. The van der Waals surface area contributed by atoms with Gasteiger partial charge in [0.2, 0.25) is 5.75 Å². The van der Waals surface area contributed by atoms with Gasteiger partial charge in [-0.1, -0.05) is 121 Å². The topological polar surface area (TPSA) is 83.1 Å². The first-order valence-corrected chi connectivity index (χ1v) is 14.7. The summed E-state index contributed by atoms with van der Waals surface area (Å²) in [6.07, 6.45) is 0.270. The lowest BCUT2D eigenvalue weighted by molar-refractivity contribution is -0.142. The van der Waals surface area contributed by atoms with Crippen molar-refractivity contribution >= 4 is 11.9 Å². The minimum atomic E-state index is -0.902. The molecule has 5 aromatic carbocycles. The summed E-state index contributed by atoms with van der Waals surface area (Å²) in [5.41, 5.74) is 3.99. The molecule has 228 valence electrons. The predicted octanol–water partition coefficient (Wildman–Crippen LogP) is 6.94. The van der Waals surface area contributed by atoms with Crippen molar-refractivity contribution < 1.29 is 28.5 Å². The summed E-state index contributed by atoms with van der Waals surface area (Å²) in [6.45, 7) is 0.742. The molecule has 5 aromatic rings. The highest BCUT2D eigenvalue weighted by molar-refractivity contribution is 5.98. The Balaban J connectivity index is 1.49. The average molecular weight is 602 g/mol. The van der Waals surface area contributed by atoms with Crippen molar-refractivity contribution in [1.82, 2.24) is 5.32 Å². The highest BCUT2D eigenvalue weighted by Gasteiger charge is 2.25. The molecule has 0 fully saturated rings. The van der Waals surface area contributed by atoms with Crippen LogP contribution < -0.4 is 19.5 Å². The van der Waals surface area contributed by atoms with E-state index in [4.69, 9.17) is 18.9 Å². The number of ether oxygens (including phenoxy) is 4. The van der Waals surface area contributed by atoms with Gasteiger partial charge in [0.25, 0.3) is 5.91 Å². The molecular weight excluding hydrogens is 566 g/mol. The van der Waals surface area contributed by atoms with E-state index >= 15 is 0 Å². The molecule has 1 N–H and O–H groups in total. The number of esters is 1.